The van der Waals surface area contributed by atoms with Crippen LogP contribution in [0.25, 0.3) is 0 Å². The first-order chi connectivity index (χ1) is 12.9. The molecule has 0 bridgehead atoms. The highest BCUT2D eigenvalue weighted by molar-refractivity contribution is 7.89. The van der Waals surface area contributed by atoms with Crippen LogP contribution >= 0.6 is 0 Å². The van der Waals surface area contributed by atoms with Crippen molar-refractivity contribution >= 4 is 15.9 Å². The average molecular weight is 387 g/mol. The molecule has 0 aromatic heterocycles. The van der Waals surface area contributed by atoms with Crippen LogP contribution in [0.1, 0.15) is 37.3 Å². The van der Waals surface area contributed by atoms with Gasteiger partial charge < -0.3 is 4.74 Å². The number of para-hydroxylation sites is 1. The zero-order chi connectivity index (χ0) is 19.9. The number of hydrazine groups is 1. The Hall–Kier alpha value is -2.89. The van der Waals surface area contributed by atoms with Crippen LogP contribution in [0.5, 0.6) is 5.75 Å². The lowest BCUT2D eigenvalue weighted by Gasteiger charge is -2.12. The first-order valence-corrected chi connectivity index (χ1v) is 9.88. The normalized spacial score (nSPS) is 12.0. The molecule has 2 N–H and O–H groups in total. The molecule has 1 atom stereocenters. The van der Waals surface area contributed by atoms with Crippen LogP contribution in [0, 0.1) is 11.3 Å². The number of benzene rings is 2. The number of carbonyl (C=O) groups is 1. The van der Waals surface area contributed by atoms with Crippen LogP contribution in [0.2, 0.25) is 0 Å². The molecular formula is C19H21N3O4S. The summed E-state index contributed by atoms with van der Waals surface area (Å²) < 4.78 is 29.8. The first-order valence-electron chi connectivity index (χ1n) is 8.40. The molecule has 2 rings (SSSR count). The third-order valence-electron chi connectivity index (χ3n) is 4.06. The molecule has 0 saturated carbocycles. The molecule has 2 aromatic carbocycles. The zero-order valence-corrected chi connectivity index (χ0v) is 15.9. The second-order valence-electron chi connectivity index (χ2n) is 5.93. The summed E-state index contributed by atoms with van der Waals surface area (Å²) in [6, 6.07) is 14.9. The molecular weight excluding hydrogens is 366 g/mol. The maximum Gasteiger partial charge on any atom is 0.272 e. The maximum atomic E-state index is 12.3. The van der Waals surface area contributed by atoms with Crippen molar-refractivity contribution in [1.29, 1.82) is 5.26 Å². The van der Waals surface area contributed by atoms with Crippen molar-refractivity contribution in [1.82, 2.24) is 10.3 Å². The van der Waals surface area contributed by atoms with Crippen molar-refractivity contribution in [2.24, 2.45) is 0 Å². The Balaban J connectivity index is 1.92. The fraction of sp³-hybridized carbons (Fsp3) is 0.263. The monoisotopic (exact) mass is 387 g/mol. The fourth-order valence-corrected chi connectivity index (χ4v) is 3.12. The minimum atomic E-state index is -3.89. The van der Waals surface area contributed by atoms with E-state index in [0.29, 0.717) is 5.92 Å². The van der Waals surface area contributed by atoms with Gasteiger partial charge in [0.15, 0.2) is 6.61 Å². The standard InChI is InChI=1S/C19H21N3O4S/c1-3-14(2)15-8-10-17(11-9-15)27(24,25)22-21-19(23)13-26-18-7-5-4-6-16(18)12-20/h4-11,14,22H,3,13H2,1-2H3,(H,21,23)/t14-/m1/s1. The number of nitrogens with zero attached hydrogens (tertiary/aromatic N) is 1. The molecule has 0 heterocycles. The van der Waals surface area contributed by atoms with Gasteiger partial charge in [-0.25, -0.2) is 8.42 Å². The van der Waals surface area contributed by atoms with Crippen molar-refractivity contribution in [2.45, 2.75) is 31.1 Å². The number of hydrogen-bond acceptors (Lipinski definition) is 5. The molecule has 0 unspecified atom stereocenters. The van der Waals surface area contributed by atoms with Crippen molar-refractivity contribution in [3.8, 4) is 11.8 Å². The topological polar surface area (TPSA) is 108 Å². The smallest absolute Gasteiger partial charge is 0.272 e. The molecule has 8 heteroatoms. The van der Waals surface area contributed by atoms with Crippen LogP contribution in [-0.4, -0.2) is 20.9 Å². The minimum absolute atomic E-state index is 0.0468. The molecule has 0 aliphatic rings. The molecule has 0 radical (unpaired) electrons. The molecule has 142 valence electrons. The van der Waals surface area contributed by atoms with E-state index >= 15 is 0 Å². The summed E-state index contributed by atoms with van der Waals surface area (Å²) in [5, 5.41) is 8.97. The number of rotatable bonds is 8. The Morgan fingerprint density at radius 3 is 2.48 bits per heavy atom. The van der Waals surface area contributed by atoms with E-state index in [1.165, 1.54) is 12.1 Å². The van der Waals surface area contributed by atoms with Gasteiger partial charge in [0.1, 0.15) is 11.8 Å². The highest BCUT2D eigenvalue weighted by atomic mass is 32.2. The van der Waals surface area contributed by atoms with E-state index in [4.69, 9.17) is 10.00 Å². The second-order valence-corrected chi connectivity index (χ2v) is 7.61. The molecule has 27 heavy (non-hydrogen) atoms. The van der Waals surface area contributed by atoms with Gasteiger partial charge >= 0.3 is 0 Å². The number of hydrogen-bond donors (Lipinski definition) is 2. The van der Waals surface area contributed by atoms with E-state index in [0.717, 1.165) is 12.0 Å². The molecule has 0 spiro atoms. The highest BCUT2D eigenvalue weighted by Crippen LogP contribution is 2.20. The van der Waals surface area contributed by atoms with Gasteiger partial charge in [-0.2, -0.15) is 5.26 Å². The van der Waals surface area contributed by atoms with E-state index in [9.17, 15) is 13.2 Å². The van der Waals surface area contributed by atoms with Crippen molar-refractivity contribution in [3.63, 3.8) is 0 Å². The van der Waals surface area contributed by atoms with E-state index in [-0.39, 0.29) is 16.2 Å². The Morgan fingerprint density at radius 1 is 1.19 bits per heavy atom. The molecule has 1 amide bonds. The summed E-state index contributed by atoms with van der Waals surface area (Å²) in [4.78, 5) is 13.9. The summed E-state index contributed by atoms with van der Waals surface area (Å²) in [6.45, 7) is 3.68. The second kappa shape index (κ2) is 9.16. The lowest BCUT2D eigenvalue weighted by molar-refractivity contribution is -0.123. The van der Waals surface area contributed by atoms with Crippen LogP contribution < -0.4 is 15.0 Å². The number of amides is 1. The summed E-state index contributed by atoms with van der Waals surface area (Å²) in [5.74, 6) is -0.107. The van der Waals surface area contributed by atoms with Gasteiger partial charge in [-0.3, -0.25) is 10.2 Å². The zero-order valence-electron chi connectivity index (χ0n) is 15.1. The summed E-state index contributed by atoms with van der Waals surface area (Å²) in [5.41, 5.74) is 3.42. The predicted octanol–water partition coefficient (Wildman–Crippen LogP) is 2.46. The minimum Gasteiger partial charge on any atom is -0.482 e. The maximum absolute atomic E-state index is 12.3. The van der Waals surface area contributed by atoms with Gasteiger partial charge in [0.2, 0.25) is 0 Å². The van der Waals surface area contributed by atoms with E-state index < -0.39 is 22.5 Å². The molecule has 0 fully saturated rings. The Labute approximate surface area is 159 Å². The third-order valence-corrected chi connectivity index (χ3v) is 5.33. The lowest BCUT2D eigenvalue weighted by atomic mass is 9.99. The Kier molecular flexibility index (Phi) is 6.93. The van der Waals surface area contributed by atoms with E-state index in [1.54, 1.807) is 36.4 Å². The number of nitriles is 1. The summed E-state index contributed by atoms with van der Waals surface area (Å²) >= 11 is 0. The SMILES string of the molecule is CC[C@@H](C)c1ccc(S(=O)(=O)NNC(=O)COc2ccccc2C#N)cc1. The fourth-order valence-electron chi connectivity index (χ4n) is 2.26. The number of sulfonamides is 1. The highest BCUT2D eigenvalue weighted by Gasteiger charge is 2.16. The van der Waals surface area contributed by atoms with E-state index in [1.807, 2.05) is 10.9 Å². The predicted molar refractivity (Wildman–Crippen MR) is 100 cm³/mol. The van der Waals surface area contributed by atoms with Gasteiger partial charge in [0.05, 0.1) is 10.5 Å². The van der Waals surface area contributed by atoms with Crippen molar-refractivity contribution in [3.05, 3.63) is 59.7 Å². The first kappa shape index (κ1) is 20.4. The van der Waals surface area contributed by atoms with E-state index in [2.05, 4.69) is 19.3 Å². The Bertz CT molecular complexity index is 934. The summed E-state index contributed by atoms with van der Waals surface area (Å²) in [7, 11) is -3.89. The van der Waals surface area contributed by atoms with Gasteiger partial charge in [-0.05, 0) is 42.2 Å². The van der Waals surface area contributed by atoms with Gasteiger partial charge in [0.25, 0.3) is 15.9 Å². The van der Waals surface area contributed by atoms with Crippen LogP contribution in [0.4, 0.5) is 0 Å². The molecule has 0 saturated heterocycles. The summed E-state index contributed by atoms with van der Waals surface area (Å²) in [6.07, 6.45) is 0.954. The van der Waals surface area contributed by atoms with Crippen LogP contribution in [0.3, 0.4) is 0 Å². The van der Waals surface area contributed by atoms with Gasteiger partial charge in [-0.15, -0.1) is 4.83 Å². The average Bonchev–Trinajstić information content (AvgIpc) is 2.70. The quantitative estimate of drug-likeness (QED) is 0.677. The van der Waals surface area contributed by atoms with Crippen molar-refractivity contribution in [2.75, 3.05) is 6.61 Å². The molecule has 0 aliphatic heterocycles. The number of nitrogens with one attached hydrogen (secondary N) is 2. The van der Waals surface area contributed by atoms with Crippen LogP contribution in [-0.2, 0) is 14.8 Å². The van der Waals surface area contributed by atoms with Crippen LogP contribution in [0.15, 0.2) is 53.4 Å². The van der Waals surface area contributed by atoms with Gasteiger partial charge in [-0.1, -0.05) is 38.1 Å². The van der Waals surface area contributed by atoms with Gasteiger partial charge in [0, 0.05) is 0 Å². The third kappa shape index (κ3) is 5.54. The molecule has 0 aliphatic carbocycles. The Morgan fingerprint density at radius 2 is 1.85 bits per heavy atom. The molecule has 2 aromatic rings. The largest absolute Gasteiger partial charge is 0.482 e. The lowest BCUT2D eigenvalue weighted by Crippen LogP contribution is -2.43. The number of carbonyl (C=O) groups excluding carboxylic acids is 1. The van der Waals surface area contributed by atoms with Crippen molar-refractivity contribution < 1.29 is 17.9 Å². The molecule has 7 nitrogen and oxygen atoms in total. The number of ether oxygens (including phenoxy) is 1.